The molecule has 1 N–H and O–H groups in total. The summed E-state index contributed by atoms with van der Waals surface area (Å²) < 4.78 is 5.16. The average molecular weight is 355 g/mol. The second-order valence-electron chi connectivity index (χ2n) is 4.50. The van der Waals surface area contributed by atoms with Gasteiger partial charge in [0, 0.05) is 11.6 Å². The molecule has 3 aromatic rings. The number of nitrogens with one attached hydrogen (secondary N) is 1. The fourth-order valence-corrected chi connectivity index (χ4v) is 2.58. The van der Waals surface area contributed by atoms with Crippen LogP contribution in [0.3, 0.4) is 0 Å². The van der Waals surface area contributed by atoms with E-state index in [4.69, 9.17) is 39.3 Å². The summed E-state index contributed by atoms with van der Waals surface area (Å²) in [5, 5.41) is 8.57. The van der Waals surface area contributed by atoms with Crippen molar-refractivity contribution in [3.05, 3.63) is 63.1 Å². The molecule has 4 nitrogen and oxygen atoms in total. The molecule has 3 rings (SSSR count). The molecule has 1 aromatic heterocycles. The van der Waals surface area contributed by atoms with E-state index < -0.39 is 0 Å². The van der Waals surface area contributed by atoms with Crippen LogP contribution in [0.15, 0.2) is 47.0 Å². The van der Waals surface area contributed by atoms with Gasteiger partial charge in [0.05, 0.1) is 15.6 Å². The number of rotatable bonds is 4. The first-order valence-corrected chi connectivity index (χ1v) is 7.53. The van der Waals surface area contributed by atoms with Crippen LogP contribution in [-0.4, -0.2) is 10.1 Å². The Kier molecular flexibility index (Phi) is 4.52. The fourth-order valence-electron chi connectivity index (χ4n) is 1.89. The molecule has 0 saturated carbocycles. The molecule has 0 spiro atoms. The van der Waals surface area contributed by atoms with Crippen molar-refractivity contribution in [2.75, 3.05) is 5.32 Å². The van der Waals surface area contributed by atoms with Gasteiger partial charge in [-0.15, -0.1) is 0 Å². The van der Waals surface area contributed by atoms with Crippen LogP contribution in [0.1, 0.15) is 5.56 Å². The number of aromatic nitrogens is 2. The number of hydrogen-bond donors (Lipinski definition) is 1. The van der Waals surface area contributed by atoms with Gasteiger partial charge < -0.3 is 9.84 Å². The summed E-state index contributed by atoms with van der Waals surface area (Å²) in [6.07, 6.45) is 0. The minimum atomic E-state index is 0.293. The topological polar surface area (TPSA) is 51.0 Å². The minimum absolute atomic E-state index is 0.293. The van der Waals surface area contributed by atoms with Crippen LogP contribution in [0.4, 0.5) is 6.01 Å². The third kappa shape index (κ3) is 3.35. The molecule has 0 unspecified atom stereocenters. The van der Waals surface area contributed by atoms with E-state index in [1.807, 2.05) is 24.3 Å². The van der Waals surface area contributed by atoms with E-state index >= 15 is 0 Å². The van der Waals surface area contributed by atoms with Crippen molar-refractivity contribution in [2.45, 2.75) is 6.54 Å². The molecule has 0 atom stereocenters. The van der Waals surface area contributed by atoms with Crippen LogP contribution < -0.4 is 5.32 Å². The van der Waals surface area contributed by atoms with Gasteiger partial charge >= 0.3 is 6.01 Å². The van der Waals surface area contributed by atoms with Crippen LogP contribution >= 0.6 is 34.8 Å². The lowest BCUT2D eigenvalue weighted by Crippen LogP contribution is -1.99. The van der Waals surface area contributed by atoms with Crippen LogP contribution in [0, 0.1) is 0 Å². The molecular formula is C15H10Cl3N3O. The van der Waals surface area contributed by atoms with Gasteiger partial charge in [-0.25, -0.2) is 0 Å². The first-order valence-electron chi connectivity index (χ1n) is 6.40. The first-order chi connectivity index (χ1) is 10.6. The fraction of sp³-hybridized carbons (Fsp3) is 0.0667. The second kappa shape index (κ2) is 6.57. The molecule has 0 amide bonds. The van der Waals surface area contributed by atoms with Crippen molar-refractivity contribution in [1.29, 1.82) is 0 Å². The maximum absolute atomic E-state index is 6.12. The van der Waals surface area contributed by atoms with Crippen LogP contribution in [0.2, 0.25) is 15.1 Å². The lowest BCUT2D eigenvalue weighted by Gasteiger charge is -2.01. The van der Waals surface area contributed by atoms with Crippen LogP contribution in [-0.2, 0) is 6.54 Å². The first kappa shape index (κ1) is 15.2. The van der Waals surface area contributed by atoms with Gasteiger partial charge in [-0.1, -0.05) is 58.2 Å². The van der Waals surface area contributed by atoms with E-state index in [0.717, 1.165) is 5.56 Å². The number of anilines is 1. The molecule has 1 heterocycles. The van der Waals surface area contributed by atoms with E-state index in [-0.39, 0.29) is 0 Å². The number of hydrogen-bond acceptors (Lipinski definition) is 4. The van der Waals surface area contributed by atoms with Gasteiger partial charge in [-0.3, -0.25) is 0 Å². The molecule has 7 heteroatoms. The zero-order chi connectivity index (χ0) is 15.5. The normalized spacial score (nSPS) is 10.7. The Morgan fingerprint density at radius 1 is 0.955 bits per heavy atom. The number of halogens is 3. The quantitative estimate of drug-likeness (QED) is 0.690. The van der Waals surface area contributed by atoms with Crippen LogP contribution in [0.25, 0.3) is 11.4 Å². The Balaban J connectivity index is 1.75. The molecule has 112 valence electrons. The second-order valence-corrected chi connectivity index (χ2v) is 5.75. The van der Waals surface area contributed by atoms with E-state index in [9.17, 15) is 0 Å². The third-order valence-electron chi connectivity index (χ3n) is 2.97. The van der Waals surface area contributed by atoms with E-state index in [1.54, 1.807) is 18.2 Å². The molecule has 0 aliphatic carbocycles. The largest absolute Gasteiger partial charge is 0.334 e. The summed E-state index contributed by atoms with van der Waals surface area (Å²) in [6, 6.07) is 13.0. The SMILES string of the molecule is Clc1ccc(CNc2nc(-c3c(Cl)cccc3Cl)no2)cc1. The molecule has 0 aliphatic heterocycles. The van der Waals surface area contributed by atoms with Gasteiger partial charge in [-0.2, -0.15) is 4.98 Å². The Morgan fingerprint density at radius 2 is 1.64 bits per heavy atom. The Hall–Kier alpha value is -1.75. The Labute approximate surface area is 142 Å². The van der Waals surface area contributed by atoms with Crippen molar-refractivity contribution in [3.63, 3.8) is 0 Å². The molecule has 0 radical (unpaired) electrons. The van der Waals surface area contributed by atoms with E-state index in [0.29, 0.717) is 39.0 Å². The molecule has 0 bridgehead atoms. The smallest absolute Gasteiger partial charge is 0.322 e. The van der Waals surface area contributed by atoms with Crippen molar-refractivity contribution in [1.82, 2.24) is 10.1 Å². The van der Waals surface area contributed by atoms with Gasteiger partial charge in [0.25, 0.3) is 0 Å². The summed E-state index contributed by atoms with van der Waals surface area (Å²) in [5.41, 5.74) is 1.59. The van der Waals surface area contributed by atoms with Crippen molar-refractivity contribution >= 4 is 40.8 Å². The molecular weight excluding hydrogens is 345 g/mol. The summed E-state index contributed by atoms with van der Waals surface area (Å²) in [7, 11) is 0. The summed E-state index contributed by atoms with van der Waals surface area (Å²) in [6.45, 7) is 0.537. The van der Waals surface area contributed by atoms with Gasteiger partial charge in [0.2, 0.25) is 5.82 Å². The lowest BCUT2D eigenvalue weighted by atomic mass is 10.2. The maximum Gasteiger partial charge on any atom is 0.322 e. The summed E-state index contributed by atoms with van der Waals surface area (Å²) >= 11 is 18.1. The zero-order valence-corrected chi connectivity index (χ0v) is 13.5. The van der Waals surface area contributed by atoms with Crippen molar-refractivity contribution < 1.29 is 4.52 Å². The highest BCUT2D eigenvalue weighted by Crippen LogP contribution is 2.33. The highest BCUT2D eigenvalue weighted by Gasteiger charge is 2.15. The Morgan fingerprint density at radius 3 is 2.32 bits per heavy atom. The average Bonchev–Trinajstić information content (AvgIpc) is 2.95. The third-order valence-corrected chi connectivity index (χ3v) is 3.85. The lowest BCUT2D eigenvalue weighted by molar-refractivity contribution is 0.432. The van der Waals surface area contributed by atoms with E-state index in [1.165, 1.54) is 0 Å². The highest BCUT2D eigenvalue weighted by molar-refractivity contribution is 6.38. The zero-order valence-electron chi connectivity index (χ0n) is 11.2. The molecule has 22 heavy (non-hydrogen) atoms. The minimum Gasteiger partial charge on any atom is -0.334 e. The summed E-state index contributed by atoms with van der Waals surface area (Å²) in [4.78, 5) is 4.25. The van der Waals surface area contributed by atoms with Gasteiger partial charge in [-0.05, 0) is 29.8 Å². The Bertz CT molecular complexity index is 767. The maximum atomic E-state index is 6.12. The van der Waals surface area contributed by atoms with E-state index in [2.05, 4.69) is 15.5 Å². The predicted octanol–water partition coefficient (Wildman–Crippen LogP) is 5.31. The molecule has 0 saturated heterocycles. The predicted molar refractivity (Wildman–Crippen MR) is 88.5 cm³/mol. The molecule has 2 aromatic carbocycles. The number of nitrogens with zero attached hydrogens (tertiary/aromatic N) is 2. The molecule has 0 fully saturated rings. The number of benzene rings is 2. The standard InChI is InChI=1S/C15H10Cl3N3O/c16-10-6-4-9(5-7-10)8-19-15-20-14(21-22-15)13-11(17)2-1-3-12(13)18/h1-7H,8H2,(H,19,20,21). The van der Waals surface area contributed by atoms with Gasteiger partial charge in [0.15, 0.2) is 0 Å². The molecule has 0 aliphatic rings. The van der Waals surface area contributed by atoms with Gasteiger partial charge in [0.1, 0.15) is 0 Å². The van der Waals surface area contributed by atoms with Crippen LogP contribution in [0.5, 0.6) is 0 Å². The summed E-state index contributed by atoms with van der Waals surface area (Å²) in [5.74, 6) is 0.342. The monoisotopic (exact) mass is 353 g/mol. The highest BCUT2D eigenvalue weighted by atomic mass is 35.5. The van der Waals surface area contributed by atoms with Crippen molar-refractivity contribution in [2.24, 2.45) is 0 Å². The van der Waals surface area contributed by atoms with Crippen molar-refractivity contribution in [3.8, 4) is 11.4 Å².